The topological polar surface area (TPSA) is 57.9 Å². The average molecular weight is 265 g/mol. The quantitative estimate of drug-likeness (QED) is 0.822. The van der Waals surface area contributed by atoms with E-state index in [1.165, 1.54) is 0 Å². The molecule has 0 aliphatic rings. The van der Waals surface area contributed by atoms with Crippen LogP contribution in [-0.4, -0.2) is 19.4 Å². The Morgan fingerprint density at radius 1 is 1.17 bits per heavy atom. The molecule has 0 saturated heterocycles. The number of benzene rings is 1. The average Bonchev–Trinajstić information content (AvgIpc) is 2.36. The normalized spacial score (nSPS) is 15.1. The van der Waals surface area contributed by atoms with Gasteiger partial charge in [0.2, 0.25) is 0 Å². The van der Waals surface area contributed by atoms with Crippen molar-refractivity contribution in [2.24, 2.45) is 5.92 Å². The summed E-state index contributed by atoms with van der Waals surface area (Å²) in [5.74, 6) is -0.630. The molecular formula is C14H19NO2S. The molecule has 0 amide bonds. The molecule has 2 unspecified atom stereocenters. The first-order chi connectivity index (χ1) is 8.38. The molecule has 3 nitrogen and oxygen atoms in total. The number of nitrogens with zero attached hydrogens (tertiary/aromatic N) is 1. The van der Waals surface area contributed by atoms with E-state index in [1.807, 2.05) is 32.0 Å². The predicted octanol–water partition coefficient (Wildman–Crippen LogP) is 2.75. The molecule has 1 rings (SSSR count). The summed E-state index contributed by atoms with van der Waals surface area (Å²) in [5.41, 5.74) is 0.763. The molecule has 0 fully saturated rings. The van der Waals surface area contributed by atoms with Gasteiger partial charge in [0.15, 0.2) is 9.84 Å². The van der Waals surface area contributed by atoms with Gasteiger partial charge in [-0.1, -0.05) is 44.2 Å². The molecule has 1 aromatic carbocycles. The second-order valence-electron chi connectivity index (χ2n) is 4.87. The van der Waals surface area contributed by atoms with Gasteiger partial charge in [0.05, 0.1) is 23.0 Å². The maximum atomic E-state index is 12.2. The fourth-order valence-corrected chi connectivity index (χ4v) is 3.56. The minimum atomic E-state index is -3.24. The molecule has 0 spiro atoms. The molecule has 0 bridgehead atoms. The van der Waals surface area contributed by atoms with E-state index in [4.69, 9.17) is 5.26 Å². The molecule has 98 valence electrons. The van der Waals surface area contributed by atoms with Gasteiger partial charge in [-0.05, 0) is 18.4 Å². The van der Waals surface area contributed by atoms with Gasteiger partial charge < -0.3 is 0 Å². The van der Waals surface area contributed by atoms with Gasteiger partial charge in [0.1, 0.15) is 0 Å². The van der Waals surface area contributed by atoms with Gasteiger partial charge in [0.25, 0.3) is 0 Å². The molecule has 18 heavy (non-hydrogen) atoms. The highest BCUT2D eigenvalue weighted by Gasteiger charge is 2.28. The zero-order chi connectivity index (χ0) is 13.8. The van der Waals surface area contributed by atoms with Crippen molar-refractivity contribution in [3.05, 3.63) is 35.9 Å². The largest absolute Gasteiger partial charge is 0.228 e. The van der Waals surface area contributed by atoms with E-state index in [1.54, 1.807) is 19.1 Å². The third-order valence-corrected chi connectivity index (χ3v) is 5.74. The van der Waals surface area contributed by atoms with Crippen LogP contribution in [0.25, 0.3) is 0 Å². The smallest absolute Gasteiger partial charge is 0.154 e. The SMILES string of the molecule is CC(C)C(C)S(=O)(=O)CC(C#N)c1ccccc1. The Kier molecular flexibility index (Phi) is 4.92. The number of hydrogen-bond donors (Lipinski definition) is 0. The van der Waals surface area contributed by atoms with Crippen LogP contribution in [0.1, 0.15) is 32.3 Å². The molecular weight excluding hydrogens is 246 g/mol. The molecule has 0 heterocycles. The highest BCUT2D eigenvalue weighted by atomic mass is 32.2. The molecule has 0 aliphatic carbocycles. The number of rotatable bonds is 5. The summed E-state index contributed by atoms with van der Waals surface area (Å²) in [6, 6.07) is 11.2. The number of sulfone groups is 1. The third kappa shape index (κ3) is 3.58. The first-order valence-electron chi connectivity index (χ1n) is 6.04. The van der Waals surface area contributed by atoms with E-state index in [9.17, 15) is 8.42 Å². The number of nitriles is 1. The lowest BCUT2D eigenvalue weighted by Crippen LogP contribution is -2.28. The maximum Gasteiger partial charge on any atom is 0.154 e. The van der Waals surface area contributed by atoms with Crippen LogP contribution in [0.5, 0.6) is 0 Å². The van der Waals surface area contributed by atoms with Gasteiger partial charge in [0, 0.05) is 0 Å². The Labute approximate surface area is 109 Å². The Hall–Kier alpha value is -1.34. The van der Waals surface area contributed by atoms with Crippen LogP contribution in [-0.2, 0) is 9.84 Å². The van der Waals surface area contributed by atoms with Crippen molar-refractivity contribution >= 4 is 9.84 Å². The standard InChI is InChI=1S/C14H19NO2S/c1-11(2)12(3)18(16,17)10-14(9-15)13-7-5-4-6-8-13/h4-8,11-12,14H,10H2,1-3H3. The Morgan fingerprint density at radius 3 is 2.17 bits per heavy atom. The second-order valence-corrected chi connectivity index (χ2v) is 7.27. The van der Waals surface area contributed by atoms with E-state index in [-0.39, 0.29) is 11.7 Å². The van der Waals surface area contributed by atoms with Crippen molar-refractivity contribution in [3.8, 4) is 6.07 Å². The predicted molar refractivity (Wildman–Crippen MR) is 72.9 cm³/mol. The second kappa shape index (κ2) is 6.01. The van der Waals surface area contributed by atoms with Gasteiger partial charge in [-0.15, -0.1) is 0 Å². The molecule has 0 aromatic heterocycles. The van der Waals surface area contributed by atoms with E-state index in [0.717, 1.165) is 5.56 Å². The van der Waals surface area contributed by atoms with Crippen molar-refractivity contribution in [3.63, 3.8) is 0 Å². The first-order valence-corrected chi connectivity index (χ1v) is 7.76. The molecule has 1 aromatic rings. The van der Waals surface area contributed by atoms with Crippen LogP contribution in [0.4, 0.5) is 0 Å². The van der Waals surface area contributed by atoms with Crippen LogP contribution in [0, 0.1) is 17.2 Å². The lowest BCUT2D eigenvalue weighted by molar-refractivity contribution is 0.544. The Bertz CT molecular complexity index is 514. The summed E-state index contributed by atoms with van der Waals surface area (Å²) in [6.07, 6.45) is 0. The summed E-state index contributed by atoms with van der Waals surface area (Å²) < 4.78 is 24.3. The zero-order valence-corrected chi connectivity index (χ0v) is 11.8. The fraction of sp³-hybridized carbons (Fsp3) is 0.500. The summed E-state index contributed by atoms with van der Waals surface area (Å²) in [5, 5.41) is 8.73. The van der Waals surface area contributed by atoms with Gasteiger partial charge in [-0.2, -0.15) is 5.26 Å². The van der Waals surface area contributed by atoms with Crippen molar-refractivity contribution in [1.82, 2.24) is 0 Å². The number of hydrogen-bond acceptors (Lipinski definition) is 3. The molecule has 4 heteroatoms. The molecule has 2 atom stereocenters. The van der Waals surface area contributed by atoms with Gasteiger partial charge in [-0.25, -0.2) is 8.42 Å². The first kappa shape index (κ1) is 14.7. The van der Waals surface area contributed by atoms with Crippen LogP contribution >= 0.6 is 0 Å². The van der Waals surface area contributed by atoms with Crippen molar-refractivity contribution in [2.45, 2.75) is 31.9 Å². The van der Waals surface area contributed by atoms with Crippen LogP contribution in [0.15, 0.2) is 30.3 Å². The molecule has 0 radical (unpaired) electrons. The third-order valence-electron chi connectivity index (χ3n) is 3.26. The minimum Gasteiger partial charge on any atom is -0.228 e. The van der Waals surface area contributed by atoms with Crippen LogP contribution in [0.3, 0.4) is 0 Å². The van der Waals surface area contributed by atoms with Crippen LogP contribution in [0.2, 0.25) is 0 Å². The lowest BCUT2D eigenvalue weighted by atomic mass is 10.0. The van der Waals surface area contributed by atoms with Crippen molar-refractivity contribution in [2.75, 3.05) is 5.75 Å². The minimum absolute atomic E-state index is 0.0603. The van der Waals surface area contributed by atoms with E-state index < -0.39 is 21.0 Å². The van der Waals surface area contributed by atoms with Crippen LogP contribution < -0.4 is 0 Å². The van der Waals surface area contributed by atoms with Gasteiger partial charge >= 0.3 is 0 Å². The van der Waals surface area contributed by atoms with Crippen molar-refractivity contribution in [1.29, 1.82) is 5.26 Å². The molecule has 0 saturated carbocycles. The highest BCUT2D eigenvalue weighted by molar-refractivity contribution is 7.92. The van der Waals surface area contributed by atoms with E-state index in [0.29, 0.717) is 0 Å². The Morgan fingerprint density at radius 2 is 1.72 bits per heavy atom. The highest BCUT2D eigenvalue weighted by Crippen LogP contribution is 2.21. The Balaban J connectivity index is 2.93. The molecule has 0 aliphatic heterocycles. The maximum absolute atomic E-state index is 12.2. The van der Waals surface area contributed by atoms with Crippen molar-refractivity contribution < 1.29 is 8.42 Å². The monoisotopic (exact) mass is 265 g/mol. The zero-order valence-electron chi connectivity index (χ0n) is 11.0. The summed E-state index contributed by atoms with van der Waals surface area (Å²) in [4.78, 5) is 0. The summed E-state index contributed by atoms with van der Waals surface area (Å²) in [7, 11) is -3.24. The summed E-state index contributed by atoms with van der Waals surface area (Å²) in [6.45, 7) is 5.47. The lowest BCUT2D eigenvalue weighted by Gasteiger charge is -2.18. The van der Waals surface area contributed by atoms with Gasteiger partial charge in [-0.3, -0.25) is 0 Å². The molecule has 0 N–H and O–H groups in total. The summed E-state index contributed by atoms with van der Waals surface area (Å²) >= 11 is 0. The fourth-order valence-electron chi connectivity index (χ4n) is 1.69. The van der Waals surface area contributed by atoms with E-state index >= 15 is 0 Å². The van der Waals surface area contributed by atoms with E-state index in [2.05, 4.69) is 6.07 Å².